The minimum absolute atomic E-state index is 0.120. The first-order valence-electron chi connectivity index (χ1n) is 8.39. The summed E-state index contributed by atoms with van der Waals surface area (Å²) >= 11 is 0. The molecule has 1 atom stereocenters. The lowest BCUT2D eigenvalue weighted by atomic mass is 10.2. The Balaban J connectivity index is 1.60. The molecule has 0 spiro atoms. The van der Waals surface area contributed by atoms with E-state index in [2.05, 4.69) is 25.7 Å². The zero-order valence-corrected chi connectivity index (χ0v) is 15.6. The second kappa shape index (κ2) is 7.90. The molecule has 27 heavy (non-hydrogen) atoms. The molecule has 142 valence electrons. The fourth-order valence-electron chi connectivity index (χ4n) is 2.42. The van der Waals surface area contributed by atoms with Crippen molar-refractivity contribution in [2.45, 2.75) is 33.4 Å². The van der Waals surface area contributed by atoms with Crippen LogP contribution < -0.4 is 14.8 Å². The molecule has 9 nitrogen and oxygen atoms in total. The van der Waals surface area contributed by atoms with Crippen molar-refractivity contribution in [2.24, 2.45) is 0 Å². The summed E-state index contributed by atoms with van der Waals surface area (Å²) in [5.74, 6) is 2.43. The van der Waals surface area contributed by atoms with Crippen LogP contribution in [0, 0.1) is 13.8 Å². The molecule has 0 saturated carbocycles. The van der Waals surface area contributed by atoms with E-state index in [9.17, 15) is 4.79 Å². The number of rotatable bonds is 7. The van der Waals surface area contributed by atoms with E-state index in [0.29, 0.717) is 28.9 Å². The Morgan fingerprint density at radius 2 is 2.11 bits per heavy atom. The number of carbonyl (C=O) groups is 1. The summed E-state index contributed by atoms with van der Waals surface area (Å²) in [6.07, 6.45) is 0. The molecular formula is C18H21N5O4. The Hall–Kier alpha value is -3.36. The molecule has 0 saturated heterocycles. The monoisotopic (exact) mass is 371 g/mol. The van der Waals surface area contributed by atoms with Gasteiger partial charge >= 0.3 is 0 Å². The Morgan fingerprint density at radius 3 is 2.81 bits per heavy atom. The first-order valence-corrected chi connectivity index (χ1v) is 8.39. The van der Waals surface area contributed by atoms with Crippen molar-refractivity contribution in [1.29, 1.82) is 0 Å². The van der Waals surface area contributed by atoms with Crippen LogP contribution in [0.1, 0.15) is 46.4 Å². The number of nitrogens with zero attached hydrogens (tertiary/aromatic N) is 3. The first-order chi connectivity index (χ1) is 13.0. The predicted octanol–water partition coefficient (Wildman–Crippen LogP) is 2.49. The molecule has 1 amide bonds. The summed E-state index contributed by atoms with van der Waals surface area (Å²) in [5.41, 5.74) is 1.22. The zero-order chi connectivity index (χ0) is 19.4. The van der Waals surface area contributed by atoms with Gasteiger partial charge in [0.2, 0.25) is 0 Å². The number of amides is 1. The number of ether oxygens (including phenoxy) is 2. The summed E-state index contributed by atoms with van der Waals surface area (Å²) in [6, 6.07) is 6.78. The number of methoxy groups -OCH3 is 1. The van der Waals surface area contributed by atoms with Gasteiger partial charge in [-0.2, -0.15) is 5.10 Å². The Labute approximate surface area is 156 Å². The third-order valence-electron chi connectivity index (χ3n) is 3.83. The van der Waals surface area contributed by atoms with Gasteiger partial charge in [0.05, 0.1) is 13.2 Å². The molecule has 0 aliphatic rings. The molecule has 9 heteroatoms. The average Bonchev–Trinajstić information content (AvgIpc) is 3.29. The normalized spacial score (nSPS) is 11.9. The van der Waals surface area contributed by atoms with Crippen LogP contribution in [0.3, 0.4) is 0 Å². The fraction of sp³-hybridized carbons (Fsp3) is 0.333. The maximum absolute atomic E-state index is 12.3. The van der Waals surface area contributed by atoms with E-state index < -0.39 is 0 Å². The van der Waals surface area contributed by atoms with Crippen molar-refractivity contribution in [3.05, 3.63) is 52.9 Å². The van der Waals surface area contributed by atoms with Gasteiger partial charge < -0.3 is 19.3 Å². The summed E-state index contributed by atoms with van der Waals surface area (Å²) in [5, 5.41) is 13.3. The molecule has 3 aromatic rings. The highest BCUT2D eigenvalue weighted by Crippen LogP contribution is 2.28. The van der Waals surface area contributed by atoms with Gasteiger partial charge in [-0.15, -0.1) is 0 Å². The Bertz CT molecular complexity index is 933. The third-order valence-corrected chi connectivity index (χ3v) is 3.83. The molecule has 0 radical (unpaired) electrons. The summed E-state index contributed by atoms with van der Waals surface area (Å²) in [4.78, 5) is 16.5. The molecular weight excluding hydrogens is 350 g/mol. The molecule has 1 aromatic carbocycles. The predicted molar refractivity (Wildman–Crippen MR) is 95.6 cm³/mol. The van der Waals surface area contributed by atoms with Gasteiger partial charge in [-0.05, 0) is 38.5 Å². The smallest absolute Gasteiger partial charge is 0.274 e. The van der Waals surface area contributed by atoms with Crippen molar-refractivity contribution >= 4 is 5.91 Å². The maximum Gasteiger partial charge on any atom is 0.274 e. The lowest BCUT2D eigenvalue weighted by molar-refractivity contribution is 0.0929. The number of hydrogen-bond acceptors (Lipinski definition) is 7. The van der Waals surface area contributed by atoms with Gasteiger partial charge in [-0.3, -0.25) is 9.89 Å². The molecule has 1 unspecified atom stereocenters. The van der Waals surface area contributed by atoms with Crippen LogP contribution in [0.4, 0.5) is 0 Å². The van der Waals surface area contributed by atoms with Gasteiger partial charge in [0, 0.05) is 6.07 Å². The highest BCUT2D eigenvalue weighted by atomic mass is 16.5. The van der Waals surface area contributed by atoms with E-state index in [0.717, 1.165) is 5.56 Å². The average molecular weight is 371 g/mol. The summed E-state index contributed by atoms with van der Waals surface area (Å²) in [7, 11) is 1.58. The number of hydrogen-bond donors (Lipinski definition) is 2. The van der Waals surface area contributed by atoms with Crippen molar-refractivity contribution in [1.82, 2.24) is 25.7 Å². The van der Waals surface area contributed by atoms with Crippen molar-refractivity contribution < 1.29 is 18.8 Å². The van der Waals surface area contributed by atoms with Gasteiger partial charge in [-0.25, -0.2) is 4.98 Å². The lowest BCUT2D eigenvalue weighted by Crippen LogP contribution is -2.27. The highest BCUT2D eigenvalue weighted by molar-refractivity contribution is 5.92. The van der Waals surface area contributed by atoms with Crippen LogP contribution in [0.15, 0.2) is 28.8 Å². The first kappa shape index (κ1) is 18.4. The third kappa shape index (κ3) is 4.43. The number of benzene rings is 1. The van der Waals surface area contributed by atoms with E-state index in [1.165, 1.54) is 6.07 Å². The molecule has 0 fully saturated rings. The number of carbonyl (C=O) groups excluding carboxylic acids is 1. The number of aromatic amines is 1. The van der Waals surface area contributed by atoms with Crippen LogP contribution in [0.2, 0.25) is 0 Å². The standard InChI is InChI=1S/C18H21N5O4/c1-10-5-6-15(16(7-10)25-4)26-9-13-8-14(23-27-13)18(24)19-11(2)17-20-12(3)21-22-17/h5-8,11H,9H2,1-4H3,(H,19,24)(H,20,21,22). The van der Waals surface area contributed by atoms with Crippen molar-refractivity contribution in [2.75, 3.05) is 7.11 Å². The molecule has 2 heterocycles. The van der Waals surface area contributed by atoms with E-state index >= 15 is 0 Å². The number of H-pyrrole nitrogens is 1. The second-order valence-electron chi connectivity index (χ2n) is 6.10. The number of nitrogens with one attached hydrogen (secondary N) is 2. The fourth-order valence-corrected chi connectivity index (χ4v) is 2.42. The van der Waals surface area contributed by atoms with Crippen LogP contribution in [0.25, 0.3) is 0 Å². The molecule has 0 aliphatic heterocycles. The van der Waals surface area contributed by atoms with E-state index in [1.54, 1.807) is 21.0 Å². The largest absolute Gasteiger partial charge is 0.493 e. The topological polar surface area (TPSA) is 115 Å². The SMILES string of the molecule is COc1cc(C)ccc1OCc1cc(C(=O)NC(C)c2n[nH]c(C)n2)no1. The molecule has 3 rings (SSSR count). The minimum atomic E-state index is -0.382. The molecule has 2 N–H and O–H groups in total. The van der Waals surface area contributed by atoms with Crippen molar-refractivity contribution in [3.8, 4) is 11.5 Å². The van der Waals surface area contributed by atoms with E-state index in [1.807, 2.05) is 25.1 Å². The maximum atomic E-state index is 12.3. The summed E-state index contributed by atoms with van der Waals surface area (Å²) < 4.78 is 16.2. The quantitative estimate of drug-likeness (QED) is 0.655. The van der Waals surface area contributed by atoms with Crippen LogP contribution in [-0.2, 0) is 6.61 Å². The van der Waals surface area contributed by atoms with Gasteiger partial charge in [0.15, 0.2) is 28.8 Å². The van der Waals surface area contributed by atoms with Crippen LogP contribution in [0.5, 0.6) is 11.5 Å². The van der Waals surface area contributed by atoms with Crippen LogP contribution >= 0.6 is 0 Å². The minimum Gasteiger partial charge on any atom is -0.493 e. The molecule has 2 aromatic heterocycles. The molecule has 0 aliphatic carbocycles. The van der Waals surface area contributed by atoms with Crippen LogP contribution in [-0.4, -0.2) is 33.4 Å². The van der Waals surface area contributed by atoms with E-state index in [-0.39, 0.29) is 24.2 Å². The van der Waals surface area contributed by atoms with Gasteiger partial charge in [0.25, 0.3) is 5.91 Å². The molecule has 0 bridgehead atoms. The Kier molecular flexibility index (Phi) is 5.39. The van der Waals surface area contributed by atoms with E-state index in [4.69, 9.17) is 14.0 Å². The highest BCUT2D eigenvalue weighted by Gasteiger charge is 2.18. The number of aromatic nitrogens is 4. The Morgan fingerprint density at radius 1 is 1.30 bits per heavy atom. The summed E-state index contributed by atoms with van der Waals surface area (Å²) in [6.45, 7) is 5.66. The van der Waals surface area contributed by atoms with Gasteiger partial charge in [-0.1, -0.05) is 11.2 Å². The van der Waals surface area contributed by atoms with Gasteiger partial charge in [0.1, 0.15) is 12.4 Å². The lowest BCUT2D eigenvalue weighted by Gasteiger charge is -2.09. The second-order valence-corrected chi connectivity index (χ2v) is 6.10. The zero-order valence-electron chi connectivity index (χ0n) is 15.6. The number of aryl methyl sites for hydroxylation is 2. The van der Waals surface area contributed by atoms with Crippen molar-refractivity contribution in [3.63, 3.8) is 0 Å².